The van der Waals surface area contributed by atoms with E-state index in [0.717, 1.165) is 16.2 Å². The Labute approximate surface area is 129 Å². The number of nitrogens with zero attached hydrogens (tertiary/aromatic N) is 2. The van der Waals surface area contributed by atoms with E-state index in [9.17, 15) is 4.79 Å². The van der Waals surface area contributed by atoms with E-state index in [1.807, 2.05) is 38.1 Å². The van der Waals surface area contributed by atoms with Crippen LogP contribution in [0.1, 0.15) is 31.1 Å². The third kappa shape index (κ3) is 3.37. The molecule has 1 aromatic rings. The molecule has 22 heavy (non-hydrogen) atoms. The van der Waals surface area contributed by atoms with Gasteiger partial charge in [0.05, 0.1) is 7.11 Å². The molecule has 7 nitrogen and oxygen atoms in total. The molecule has 1 atom stereocenters. The molecule has 1 aliphatic heterocycles. The number of rotatable bonds is 5. The fraction of sp³-hybridized carbons (Fsp3) is 0.467. The van der Waals surface area contributed by atoms with Gasteiger partial charge in [0.1, 0.15) is 0 Å². The minimum atomic E-state index is -0.722. The van der Waals surface area contributed by atoms with Crippen molar-refractivity contribution >= 4 is 11.8 Å². The average molecular weight is 307 g/mol. The molecule has 1 amide bonds. The first-order chi connectivity index (χ1) is 10.4. The Morgan fingerprint density at radius 2 is 1.95 bits per heavy atom. The minimum Gasteiger partial charge on any atom is -0.449 e. The third-order valence-corrected chi connectivity index (χ3v) is 3.28. The number of benzene rings is 1. The van der Waals surface area contributed by atoms with Gasteiger partial charge in [-0.3, -0.25) is 15.1 Å². The van der Waals surface area contributed by atoms with Crippen molar-refractivity contribution in [1.82, 2.24) is 10.5 Å². The van der Waals surface area contributed by atoms with Crippen molar-refractivity contribution in [2.24, 2.45) is 5.10 Å². The number of likely N-dealkylation sites (N-methyl/N-ethyl adjacent to an activating group) is 1. The van der Waals surface area contributed by atoms with Gasteiger partial charge in [0.15, 0.2) is 11.8 Å². The predicted molar refractivity (Wildman–Crippen MR) is 80.8 cm³/mol. The van der Waals surface area contributed by atoms with Gasteiger partial charge in [-0.05, 0) is 31.5 Å². The normalized spacial score (nSPS) is 17.2. The Morgan fingerprint density at radius 3 is 2.41 bits per heavy atom. The second-order valence-corrected chi connectivity index (χ2v) is 5.40. The van der Waals surface area contributed by atoms with Gasteiger partial charge in [-0.15, -0.1) is 5.10 Å². The van der Waals surface area contributed by atoms with E-state index in [0.29, 0.717) is 5.90 Å². The van der Waals surface area contributed by atoms with Crippen LogP contribution < -0.4 is 5.43 Å². The van der Waals surface area contributed by atoms with Crippen LogP contribution in [0.25, 0.3) is 0 Å². The molecule has 1 aromatic carbocycles. The molecule has 0 radical (unpaired) electrons. The first-order valence-electron chi connectivity index (χ1n) is 6.86. The number of hydroxylamine groups is 2. The number of amides is 1. The highest BCUT2D eigenvalue weighted by Gasteiger charge is 2.28. The summed E-state index contributed by atoms with van der Waals surface area (Å²) in [4.78, 5) is 17.1. The maximum absolute atomic E-state index is 12.1. The molecule has 1 unspecified atom stereocenters. The quantitative estimate of drug-likeness (QED) is 0.833. The summed E-state index contributed by atoms with van der Waals surface area (Å²) in [5, 5.41) is 5.29. The fourth-order valence-electron chi connectivity index (χ4n) is 2.03. The molecule has 0 fully saturated rings. The average Bonchev–Trinajstić information content (AvgIpc) is 2.88. The molecule has 0 spiro atoms. The summed E-state index contributed by atoms with van der Waals surface area (Å²) < 4.78 is 11.0. The first kappa shape index (κ1) is 16.3. The largest absolute Gasteiger partial charge is 0.449 e. The SMILES string of the molecule is COC(C(=O)N(C)OC)c1ccc(C2=NNC(C)(C)O2)cc1. The lowest BCUT2D eigenvalue weighted by atomic mass is 10.1. The van der Waals surface area contributed by atoms with E-state index in [4.69, 9.17) is 14.3 Å². The molecular weight excluding hydrogens is 286 g/mol. The molecule has 2 rings (SSSR count). The Balaban J connectivity index is 2.16. The summed E-state index contributed by atoms with van der Waals surface area (Å²) in [7, 11) is 4.45. The summed E-state index contributed by atoms with van der Waals surface area (Å²) in [5.41, 5.74) is 3.93. The van der Waals surface area contributed by atoms with Crippen LogP contribution in [-0.4, -0.2) is 43.9 Å². The molecule has 1 heterocycles. The van der Waals surface area contributed by atoms with Crippen molar-refractivity contribution in [3.63, 3.8) is 0 Å². The second-order valence-electron chi connectivity index (χ2n) is 5.40. The number of ether oxygens (including phenoxy) is 2. The van der Waals surface area contributed by atoms with E-state index in [1.54, 1.807) is 0 Å². The molecule has 0 bridgehead atoms. The summed E-state index contributed by atoms with van der Waals surface area (Å²) >= 11 is 0. The number of nitrogens with one attached hydrogen (secondary N) is 1. The number of carbonyl (C=O) groups excluding carboxylic acids is 1. The van der Waals surface area contributed by atoms with Gasteiger partial charge in [0.2, 0.25) is 5.90 Å². The molecule has 0 saturated carbocycles. The number of hydrogen-bond donors (Lipinski definition) is 1. The van der Waals surface area contributed by atoms with E-state index in [2.05, 4.69) is 10.5 Å². The standard InChI is InChI=1S/C15H21N3O4/c1-15(2)17-16-13(22-15)11-8-6-10(7-9-11)12(20-4)14(19)18(3)21-5/h6-9,12,17H,1-5H3. The zero-order valence-electron chi connectivity index (χ0n) is 13.4. The summed E-state index contributed by atoms with van der Waals surface area (Å²) in [6.45, 7) is 3.77. The minimum absolute atomic E-state index is 0.282. The van der Waals surface area contributed by atoms with Crippen molar-refractivity contribution in [3.8, 4) is 0 Å². The van der Waals surface area contributed by atoms with Gasteiger partial charge in [0, 0.05) is 19.7 Å². The summed E-state index contributed by atoms with van der Waals surface area (Å²) in [6.07, 6.45) is -0.722. The topological polar surface area (TPSA) is 72.4 Å². The van der Waals surface area contributed by atoms with E-state index in [-0.39, 0.29) is 5.91 Å². The number of hydrazone groups is 1. The van der Waals surface area contributed by atoms with Crippen LogP contribution in [0.2, 0.25) is 0 Å². The Hall–Kier alpha value is -2.12. The van der Waals surface area contributed by atoms with E-state index >= 15 is 0 Å². The van der Waals surface area contributed by atoms with Crippen LogP contribution in [0.5, 0.6) is 0 Å². The molecule has 1 N–H and O–H groups in total. The van der Waals surface area contributed by atoms with Crippen LogP contribution >= 0.6 is 0 Å². The number of methoxy groups -OCH3 is 1. The molecule has 0 saturated heterocycles. The van der Waals surface area contributed by atoms with Crippen molar-refractivity contribution in [2.75, 3.05) is 21.3 Å². The van der Waals surface area contributed by atoms with Crippen LogP contribution in [-0.2, 0) is 19.1 Å². The molecule has 0 aliphatic carbocycles. The van der Waals surface area contributed by atoms with Gasteiger partial charge in [-0.1, -0.05) is 12.1 Å². The van der Waals surface area contributed by atoms with Gasteiger partial charge in [-0.25, -0.2) is 5.06 Å². The van der Waals surface area contributed by atoms with E-state index in [1.165, 1.54) is 21.3 Å². The van der Waals surface area contributed by atoms with Crippen molar-refractivity contribution in [3.05, 3.63) is 35.4 Å². The highest BCUT2D eigenvalue weighted by Crippen LogP contribution is 2.22. The van der Waals surface area contributed by atoms with Crippen LogP contribution in [0.15, 0.2) is 29.4 Å². The Morgan fingerprint density at radius 1 is 1.32 bits per heavy atom. The van der Waals surface area contributed by atoms with Crippen molar-refractivity contribution in [2.45, 2.75) is 25.7 Å². The van der Waals surface area contributed by atoms with Crippen molar-refractivity contribution in [1.29, 1.82) is 0 Å². The molecule has 0 aromatic heterocycles. The highest BCUT2D eigenvalue weighted by atomic mass is 16.7. The maximum Gasteiger partial charge on any atom is 0.279 e. The summed E-state index contributed by atoms with van der Waals surface area (Å²) in [6, 6.07) is 7.29. The van der Waals surface area contributed by atoms with Crippen LogP contribution in [0.3, 0.4) is 0 Å². The Bertz CT molecular complexity index is 569. The van der Waals surface area contributed by atoms with Gasteiger partial charge >= 0.3 is 0 Å². The molecule has 1 aliphatic rings. The monoisotopic (exact) mass is 307 g/mol. The number of carbonyl (C=O) groups is 1. The lowest BCUT2D eigenvalue weighted by Gasteiger charge is -2.21. The zero-order chi connectivity index (χ0) is 16.3. The lowest BCUT2D eigenvalue weighted by molar-refractivity contribution is -0.179. The van der Waals surface area contributed by atoms with Crippen LogP contribution in [0.4, 0.5) is 0 Å². The Kier molecular flexibility index (Phi) is 4.68. The molecular formula is C15H21N3O4. The third-order valence-electron chi connectivity index (χ3n) is 3.28. The molecule has 7 heteroatoms. The molecule has 120 valence electrons. The highest BCUT2D eigenvalue weighted by molar-refractivity contribution is 5.95. The van der Waals surface area contributed by atoms with Gasteiger partial charge in [-0.2, -0.15) is 0 Å². The first-order valence-corrected chi connectivity index (χ1v) is 6.86. The van der Waals surface area contributed by atoms with Crippen molar-refractivity contribution < 1.29 is 19.1 Å². The number of hydrogen-bond acceptors (Lipinski definition) is 6. The van der Waals surface area contributed by atoms with Gasteiger partial charge < -0.3 is 9.47 Å². The predicted octanol–water partition coefficient (Wildman–Crippen LogP) is 1.41. The fourth-order valence-corrected chi connectivity index (χ4v) is 2.03. The van der Waals surface area contributed by atoms with Gasteiger partial charge in [0.25, 0.3) is 5.91 Å². The maximum atomic E-state index is 12.1. The second kappa shape index (κ2) is 6.33. The summed E-state index contributed by atoms with van der Waals surface area (Å²) in [5.74, 6) is 0.237. The van der Waals surface area contributed by atoms with E-state index < -0.39 is 11.8 Å². The lowest BCUT2D eigenvalue weighted by Crippen LogP contribution is -2.33. The zero-order valence-corrected chi connectivity index (χ0v) is 13.4. The van der Waals surface area contributed by atoms with Crippen LogP contribution in [0, 0.1) is 0 Å². The smallest absolute Gasteiger partial charge is 0.279 e.